The summed E-state index contributed by atoms with van der Waals surface area (Å²) in [5.74, 6) is 0.907. The van der Waals surface area contributed by atoms with E-state index in [-0.39, 0.29) is 5.92 Å². The number of piperidine rings is 1. The topological polar surface area (TPSA) is 39.3 Å². The SMILES string of the molecule is CCN(CC)C(=O)[C@H]1C[C@@H]2c3cccc4[nH]cc(c34)C[C@H]2N(C)C1. The zero-order chi connectivity index (χ0) is 16.8. The second kappa shape index (κ2) is 5.92. The maximum atomic E-state index is 12.9. The molecule has 0 saturated carbocycles. The van der Waals surface area contributed by atoms with Crippen LogP contribution in [0.25, 0.3) is 10.9 Å². The maximum Gasteiger partial charge on any atom is 0.226 e. The molecule has 128 valence electrons. The van der Waals surface area contributed by atoms with Crippen LogP contribution in [0.2, 0.25) is 0 Å². The number of aromatic amines is 1. The predicted octanol–water partition coefficient (Wildman–Crippen LogP) is 3.00. The van der Waals surface area contributed by atoms with E-state index in [9.17, 15) is 4.79 Å². The summed E-state index contributed by atoms with van der Waals surface area (Å²) in [5, 5.41) is 1.41. The minimum absolute atomic E-state index is 0.117. The normalized spacial score (nSPS) is 26.4. The first-order valence-corrected chi connectivity index (χ1v) is 9.21. The summed E-state index contributed by atoms with van der Waals surface area (Å²) in [6.07, 6.45) is 4.24. The summed E-state index contributed by atoms with van der Waals surface area (Å²) in [6.45, 7) is 6.64. The molecule has 0 spiro atoms. The van der Waals surface area contributed by atoms with Gasteiger partial charge in [-0.1, -0.05) is 12.1 Å². The van der Waals surface area contributed by atoms with Gasteiger partial charge in [0, 0.05) is 48.7 Å². The zero-order valence-corrected chi connectivity index (χ0v) is 14.9. The summed E-state index contributed by atoms with van der Waals surface area (Å²) in [7, 11) is 2.19. The Kier molecular flexibility index (Phi) is 3.87. The van der Waals surface area contributed by atoms with E-state index in [1.54, 1.807) is 0 Å². The molecule has 1 saturated heterocycles. The third-order valence-electron chi connectivity index (χ3n) is 6.15. The lowest BCUT2D eigenvalue weighted by molar-refractivity contribution is -0.137. The standard InChI is InChI=1S/C20H27N3O/c1-4-23(5-2)20(24)14-9-16-15-7-6-8-17-19(15)13(11-21-17)10-18(16)22(3)12-14/h6-8,11,14,16,18,21H,4-5,9-10,12H2,1-3H3/t14-,16+,18+/m0/s1. The molecule has 4 nitrogen and oxygen atoms in total. The number of fused-ring (bicyclic) bond motifs is 2. The number of benzene rings is 1. The Labute approximate surface area is 143 Å². The van der Waals surface area contributed by atoms with Crippen LogP contribution in [-0.4, -0.2) is 53.4 Å². The van der Waals surface area contributed by atoms with E-state index in [1.165, 1.54) is 22.0 Å². The van der Waals surface area contributed by atoms with Crippen LogP contribution in [0.5, 0.6) is 0 Å². The number of H-pyrrole nitrogens is 1. The monoisotopic (exact) mass is 325 g/mol. The lowest BCUT2D eigenvalue weighted by atomic mass is 9.72. The number of carbonyl (C=O) groups excluding carboxylic acids is 1. The first-order chi connectivity index (χ1) is 11.6. The van der Waals surface area contributed by atoms with Gasteiger partial charge in [-0.15, -0.1) is 0 Å². The molecule has 0 radical (unpaired) electrons. The first-order valence-electron chi connectivity index (χ1n) is 9.21. The smallest absolute Gasteiger partial charge is 0.226 e. The molecule has 1 aromatic carbocycles. The lowest BCUT2D eigenvalue weighted by Gasteiger charge is -2.45. The van der Waals surface area contributed by atoms with Gasteiger partial charge in [0.1, 0.15) is 0 Å². The predicted molar refractivity (Wildman–Crippen MR) is 97.2 cm³/mol. The summed E-state index contributed by atoms with van der Waals surface area (Å²) >= 11 is 0. The van der Waals surface area contributed by atoms with Crippen molar-refractivity contribution in [1.29, 1.82) is 0 Å². The van der Waals surface area contributed by atoms with Crippen molar-refractivity contribution in [3.05, 3.63) is 35.5 Å². The number of aromatic nitrogens is 1. The summed E-state index contributed by atoms with van der Waals surface area (Å²) in [6, 6.07) is 7.10. The first kappa shape index (κ1) is 15.7. The lowest BCUT2D eigenvalue weighted by Crippen LogP contribution is -2.52. The van der Waals surface area contributed by atoms with Gasteiger partial charge in [0.05, 0.1) is 5.92 Å². The number of likely N-dealkylation sites (N-methyl/N-ethyl adjacent to an activating group) is 1. The van der Waals surface area contributed by atoms with Crippen molar-refractivity contribution in [2.24, 2.45) is 5.92 Å². The Morgan fingerprint density at radius 2 is 2.12 bits per heavy atom. The summed E-state index contributed by atoms with van der Waals surface area (Å²) in [5.41, 5.74) is 4.10. The van der Waals surface area contributed by atoms with Crippen LogP contribution < -0.4 is 0 Å². The fourth-order valence-corrected chi connectivity index (χ4v) is 4.91. The van der Waals surface area contributed by atoms with Crippen LogP contribution in [-0.2, 0) is 11.2 Å². The highest BCUT2D eigenvalue weighted by Gasteiger charge is 2.41. The molecule has 1 aromatic heterocycles. The summed E-state index contributed by atoms with van der Waals surface area (Å²) < 4.78 is 0. The molecule has 1 N–H and O–H groups in total. The van der Waals surface area contributed by atoms with Gasteiger partial charge in [-0.3, -0.25) is 4.79 Å². The van der Waals surface area contributed by atoms with Gasteiger partial charge in [0.2, 0.25) is 5.91 Å². The molecule has 4 rings (SSSR count). The van der Waals surface area contributed by atoms with E-state index in [4.69, 9.17) is 0 Å². The highest BCUT2D eigenvalue weighted by atomic mass is 16.2. The number of nitrogens with zero attached hydrogens (tertiary/aromatic N) is 2. The van der Waals surface area contributed by atoms with Crippen LogP contribution >= 0.6 is 0 Å². The fraction of sp³-hybridized carbons (Fsp3) is 0.550. The zero-order valence-electron chi connectivity index (χ0n) is 14.9. The molecular formula is C20H27N3O. The number of hydrogen-bond acceptors (Lipinski definition) is 2. The molecule has 24 heavy (non-hydrogen) atoms. The van der Waals surface area contributed by atoms with Crippen LogP contribution in [0.4, 0.5) is 0 Å². The second-order valence-electron chi connectivity index (χ2n) is 7.34. The van der Waals surface area contributed by atoms with Gasteiger partial charge in [-0.05, 0) is 50.9 Å². The van der Waals surface area contributed by atoms with Crippen molar-refractivity contribution in [1.82, 2.24) is 14.8 Å². The van der Waals surface area contributed by atoms with Crippen LogP contribution in [0.15, 0.2) is 24.4 Å². The van der Waals surface area contributed by atoms with Crippen LogP contribution in [0, 0.1) is 5.92 Å². The number of likely N-dealkylation sites (tertiary alicyclic amines) is 1. The van der Waals surface area contributed by atoms with Gasteiger partial charge in [0.25, 0.3) is 0 Å². The molecule has 0 unspecified atom stereocenters. The minimum atomic E-state index is 0.117. The van der Waals surface area contributed by atoms with Gasteiger partial charge in [-0.25, -0.2) is 0 Å². The van der Waals surface area contributed by atoms with Gasteiger partial charge >= 0.3 is 0 Å². The van der Waals surface area contributed by atoms with Crippen LogP contribution in [0.3, 0.4) is 0 Å². The molecule has 3 atom stereocenters. The van der Waals surface area contributed by atoms with Gasteiger partial charge < -0.3 is 14.8 Å². The van der Waals surface area contributed by atoms with Crippen molar-refractivity contribution in [3.63, 3.8) is 0 Å². The minimum Gasteiger partial charge on any atom is -0.361 e. The van der Waals surface area contributed by atoms with Crippen molar-refractivity contribution in [3.8, 4) is 0 Å². The van der Waals surface area contributed by atoms with Crippen molar-refractivity contribution < 1.29 is 4.79 Å². The molecule has 0 bridgehead atoms. The maximum absolute atomic E-state index is 12.9. The number of hydrogen-bond donors (Lipinski definition) is 1. The van der Waals surface area contributed by atoms with Gasteiger partial charge in [-0.2, -0.15) is 0 Å². The largest absolute Gasteiger partial charge is 0.361 e. The van der Waals surface area contributed by atoms with E-state index >= 15 is 0 Å². The summed E-state index contributed by atoms with van der Waals surface area (Å²) in [4.78, 5) is 20.7. The Bertz CT molecular complexity index is 761. The van der Waals surface area contributed by atoms with Crippen molar-refractivity contribution in [2.75, 3.05) is 26.7 Å². The van der Waals surface area contributed by atoms with E-state index in [1.807, 2.05) is 4.90 Å². The van der Waals surface area contributed by atoms with Crippen molar-refractivity contribution in [2.45, 2.75) is 38.6 Å². The molecule has 4 heteroatoms. The highest BCUT2D eigenvalue weighted by molar-refractivity contribution is 5.88. The molecule has 2 aliphatic rings. The fourth-order valence-electron chi connectivity index (χ4n) is 4.91. The Hall–Kier alpha value is -1.81. The Morgan fingerprint density at radius 3 is 2.88 bits per heavy atom. The Balaban J connectivity index is 1.70. The molecule has 1 amide bonds. The Morgan fingerprint density at radius 1 is 1.33 bits per heavy atom. The van der Waals surface area contributed by atoms with E-state index in [0.29, 0.717) is 17.9 Å². The van der Waals surface area contributed by atoms with Crippen LogP contribution in [0.1, 0.15) is 37.3 Å². The van der Waals surface area contributed by atoms with Crippen molar-refractivity contribution >= 4 is 16.8 Å². The molecule has 2 heterocycles. The number of rotatable bonds is 3. The molecule has 2 aromatic rings. The number of amides is 1. The highest BCUT2D eigenvalue weighted by Crippen LogP contribution is 2.44. The third kappa shape index (κ3) is 2.27. The van der Waals surface area contributed by atoms with E-state index in [0.717, 1.165) is 32.5 Å². The second-order valence-corrected chi connectivity index (χ2v) is 7.34. The molecule has 1 aliphatic heterocycles. The molecular weight excluding hydrogens is 298 g/mol. The number of nitrogens with one attached hydrogen (secondary N) is 1. The van der Waals surface area contributed by atoms with E-state index < -0.39 is 0 Å². The van der Waals surface area contributed by atoms with Gasteiger partial charge in [0.15, 0.2) is 0 Å². The quantitative estimate of drug-likeness (QED) is 0.942. The molecule has 1 aliphatic carbocycles. The average Bonchev–Trinajstić information content (AvgIpc) is 3.01. The molecule has 1 fully saturated rings. The third-order valence-corrected chi connectivity index (χ3v) is 6.15. The van der Waals surface area contributed by atoms with E-state index in [2.05, 4.69) is 55.2 Å². The number of carbonyl (C=O) groups is 1. The average molecular weight is 325 g/mol.